The van der Waals surface area contributed by atoms with Crippen LogP contribution in [0.15, 0.2) is 11.6 Å². The summed E-state index contributed by atoms with van der Waals surface area (Å²) in [7, 11) is 1.45. The van der Waals surface area contributed by atoms with Gasteiger partial charge in [0.1, 0.15) is 0 Å². The molecule has 0 spiro atoms. The Bertz CT molecular complexity index is 289. The number of methoxy groups -OCH3 is 1. The van der Waals surface area contributed by atoms with Gasteiger partial charge in [0.2, 0.25) is 0 Å². The van der Waals surface area contributed by atoms with Crippen LogP contribution in [0.2, 0.25) is 0 Å². The van der Waals surface area contributed by atoms with Gasteiger partial charge in [-0.2, -0.15) is 0 Å². The number of esters is 1. The van der Waals surface area contributed by atoms with Crippen molar-refractivity contribution in [3.05, 3.63) is 11.6 Å². The standard InChI is InChI=1S/C12H18O2/c1-12(2)9-4-8(5-10(12)7-9)6-11(13)14-3/h4,9-10H,5-7H2,1-3H3. The average molecular weight is 194 g/mol. The molecule has 0 N–H and O–H groups in total. The molecule has 3 aliphatic carbocycles. The van der Waals surface area contributed by atoms with Gasteiger partial charge in [-0.05, 0) is 30.1 Å². The van der Waals surface area contributed by atoms with Gasteiger partial charge in [-0.3, -0.25) is 4.79 Å². The largest absolute Gasteiger partial charge is 0.469 e. The van der Waals surface area contributed by atoms with Crippen LogP contribution in [-0.4, -0.2) is 13.1 Å². The fraction of sp³-hybridized carbons (Fsp3) is 0.750. The highest BCUT2D eigenvalue weighted by Gasteiger charge is 2.49. The van der Waals surface area contributed by atoms with Crippen molar-refractivity contribution in [3.63, 3.8) is 0 Å². The van der Waals surface area contributed by atoms with Gasteiger partial charge in [0.15, 0.2) is 0 Å². The van der Waals surface area contributed by atoms with Gasteiger partial charge in [-0.1, -0.05) is 25.5 Å². The summed E-state index contributed by atoms with van der Waals surface area (Å²) in [6.07, 6.45) is 5.22. The Morgan fingerprint density at radius 1 is 1.64 bits per heavy atom. The van der Waals surface area contributed by atoms with E-state index in [1.165, 1.54) is 19.1 Å². The van der Waals surface area contributed by atoms with Crippen LogP contribution in [-0.2, 0) is 9.53 Å². The van der Waals surface area contributed by atoms with Gasteiger partial charge in [-0.25, -0.2) is 0 Å². The summed E-state index contributed by atoms with van der Waals surface area (Å²) in [5, 5.41) is 0. The smallest absolute Gasteiger partial charge is 0.309 e. The van der Waals surface area contributed by atoms with Gasteiger partial charge < -0.3 is 4.74 Å². The molecular weight excluding hydrogens is 176 g/mol. The van der Waals surface area contributed by atoms with Crippen molar-refractivity contribution >= 4 is 5.97 Å². The predicted octanol–water partition coefficient (Wildman–Crippen LogP) is 2.54. The van der Waals surface area contributed by atoms with Crippen molar-refractivity contribution in [1.82, 2.24) is 0 Å². The quantitative estimate of drug-likeness (QED) is 0.499. The van der Waals surface area contributed by atoms with E-state index in [0.717, 1.165) is 12.3 Å². The number of ether oxygens (including phenoxy) is 1. The van der Waals surface area contributed by atoms with Crippen molar-refractivity contribution in [1.29, 1.82) is 0 Å². The monoisotopic (exact) mass is 194 g/mol. The third-order valence-electron chi connectivity index (χ3n) is 4.09. The number of hydrogen-bond donors (Lipinski definition) is 0. The van der Waals surface area contributed by atoms with Crippen LogP contribution in [0.25, 0.3) is 0 Å². The minimum atomic E-state index is -0.102. The molecule has 2 nitrogen and oxygen atoms in total. The van der Waals surface area contributed by atoms with E-state index in [4.69, 9.17) is 0 Å². The van der Waals surface area contributed by atoms with E-state index in [9.17, 15) is 4.79 Å². The number of fused-ring (bicyclic) bond motifs is 1. The van der Waals surface area contributed by atoms with Crippen LogP contribution in [0, 0.1) is 17.3 Å². The summed E-state index contributed by atoms with van der Waals surface area (Å²) in [5.74, 6) is 1.38. The first-order chi connectivity index (χ1) is 6.54. The van der Waals surface area contributed by atoms with Gasteiger partial charge in [-0.15, -0.1) is 0 Å². The summed E-state index contributed by atoms with van der Waals surface area (Å²) >= 11 is 0. The molecule has 0 saturated heterocycles. The molecule has 0 aromatic rings. The van der Waals surface area contributed by atoms with Crippen molar-refractivity contribution < 1.29 is 9.53 Å². The van der Waals surface area contributed by atoms with Gasteiger partial charge >= 0.3 is 5.97 Å². The maximum Gasteiger partial charge on any atom is 0.309 e. The third kappa shape index (κ3) is 1.37. The zero-order valence-corrected chi connectivity index (χ0v) is 9.17. The molecule has 2 bridgehead atoms. The van der Waals surface area contributed by atoms with E-state index in [0.29, 0.717) is 17.8 Å². The molecule has 0 radical (unpaired) electrons. The third-order valence-corrected chi connectivity index (χ3v) is 4.09. The second kappa shape index (κ2) is 3.11. The Labute approximate surface area is 85.3 Å². The first kappa shape index (κ1) is 9.75. The molecule has 2 unspecified atom stereocenters. The van der Waals surface area contributed by atoms with E-state index in [1.54, 1.807) is 0 Å². The van der Waals surface area contributed by atoms with E-state index >= 15 is 0 Å². The Kier molecular flexibility index (Phi) is 2.17. The van der Waals surface area contributed by atoms with E-state index < -0.39 is 0 Å². The minimum absolute atomic E-state index is 0.102. The summed E-state index contributed by atoms with van der Waals surface area (Å²) in [6.45, 7) is 4.66. The van der Waals surface area contributed by atoms with Crippen LogP contribution < -0.4 is 0 Å². The van der Waals surface area contributed by atoms with Gasteiger partial charge in [0, 0.05) is 0 Å². The zero-order chi connectivity index (χ0) is 10.3. The molecule has 14 heavy (non-hydrogen) atoms. The normalized spacial score (nSPS) is 32.9. The lowest BCUT2D eigenvalue weighted by Crippen LogP contribution is -2.46. The van der Waals surface area contributed by atoms with Crippen LogP contribution in [0.4, 0.5) is 0 Å². The number of allylic oxidation sites excluding steroid dienone is 1. The summed E-state index contributed by atoms with van der Waals surface area (Å²) in [4.78, 5) is 11.1. The molecular formula is C12H18O2. The maximum atomic E-state index is 11.1. The number of carbonyl (C=O) groups excluding carboxylic acids is 1. The van der Waals surface area contributed by atoms with Crippen molar-refractivity contribution in [2.75, 3.05) is 7.11 Å². The fourth-order valence-corrected chi connectivity index (χ4v) is 2.74. The topological polar surface area (TPSA) is 26.3 Å². The molecule has 1 fully saturated rings. The molecule has 2 heteroatoms. The zero-order valence-electron chi connectivity index (χ0n) is 9.17. The Hall–Kier alpha value is -0.790. The number of carbonyl (C=O) groups is 1. The average Bonchev–Trinajstić information content (AvgIpc) is 2.17. The first-order valence-corrected chi connectivity index (χ1v) is 5.30. The highest BCUT2D eigenvalue weighted by Crippen LogP contribution is 2.58. The Balaban J connectivity index is 2.02. The maximum absolute atomic E-state index is 11.1. The molecule has 3 aliphatic rings. The molecule has 2 atom stereocenters. The molecule has 0 aromatic heterocycles. The van der Waals surface area contributed by atoms with Crippen molar-refractivity contribution in [2.24, 2.45) is 17.3 Å². The summed E-state index contributed by atoms with van der Waals surface area (Å²) in [5.41, 5.74) is 1.76. The molecule has 0 heterocycles. The van der Waals surface area contributed by atoms with Gasteiger partial charge in [0.25, 0.3) is 0 Å². The first-order valence-electron chi connectivity index (χ1n) is 5.30. The van der Waals surface area contributed by atoms with Gasteiger partial charge in [0.05, 0.1) is 13.5 Å². The second-order valence-electron chi connectivity index (χ2n) is 5.14. The van der Waals surface area contributed by atoms with Crippen molar-refractivity contribution in [2.45, 2.75) is 33.1 Å². The Morgan fingerprint density at radius 2 is 2.36 bits per heavy atom. The molecule has 1 saturated carbocycles. The van der Waals surface area contributed by atoms with E-state index in [2.05, 4.69) is 24.7 Å². The summed E-state index contributed by atoms with van der Waals surface area (Å²) < 4.78 is 4.68. The molecule has 3 rings (SSSR count). The molecule has 0 aromatic carbocycles. The summed E-state index contributed by atoms with van der Waals surface area (Å²) in [6, 6.07) is 0. The minimum Gasteiger partial charge on any atom is -0.469 e. The van der Waals surface area contributed by atoms with Crippen LogP contribution in [0.1, 0.15) is 33.1 Å². The SMILES string of the molecule is COC(=O)CC1=CC2CC(C1)C2(C)C. The molecule has 0 amide bonds. The Morgan fingerprint density at radius 3 is 2.79 bits per heavy atom. The lowest BCUT2D eigenvalue weighted by atomic mass is 9.50. The molecule has 0 aliphatic heterocycles. The van der Waals surface area contributed by atoms with E-state index in [1.807, 2.05) is 0 Å². The highest BCUT2D eigenvalue weighted by molar-refractivity contribution is 5.72. The van der Waals surface area contributed by atoms with E-state index in [-0.39, 0.29) is 5.97 Å². The van der Waals surface area contributed by atoms with Crippen LogP contribution in [0.5, 0.6) is 0 Å². The predicted molar refractivity (Wildman–Crippen MR) is 54.7 cm³/mol. The van der Waals surface area contributed by atoms with Crippen molar-refractivity contribution in [3.8, 4) is 0 Å². The van der Waals surface area contributed by atoms with Crippen LogP contribution >= 0.6 is 0 Å². The number of rotatable bonds is 2. The fourth-order valence-electron chi connectivity index (χ4n) is 2.74. The molecule has 78 valence electrons. The highest BCUT2D eigenvalue weighted by atomic mass is 16.5. The lowest BCUT2D eigenvalue weighted by molar-refractivity contribution is -0.140. The van der Waals surface area contributed by atoms with Crippen LogP contribution in [0.3, 0.4) is 0 Å². The number of hydrogen-bond acceptors (Lipinski definition) is 2. The second-order valence-corrected chi connectivity index (χ2v) is 5.14. The lowest BCUT2D eigenvalue weighted by Gasteiger charge is -2.55.